The van der Waals surface area contributed by atoms with Gasteiger partial charge in [-0.3, -0.25) is 15.2 Å². The van der Waals surface area contributed by atoms with E-state index in [9.17, 15) is 9.59 Å². The first-order valence-electron chi connectivity index (χ1n) is 15.6. The Bertz CT molecular complexity index is 1360. The van der Waals surface area contributed by atoms with Crippen LogP contribution in [0.15, 0.2) is 48.9 Å². The minimum atomic E-state index is -2.09. The van der Waals surface area contributed by atoms with Gasteiger partial charge in [-0.1, -0.05) is 41.5 Å². The van der Waals surface area contributed by atoms with Gasteiger partial charge in [0, 0.05) is 44.7 Å². The molecule has 1 aromatic carbocycles. The van der Waals surface area contributed by atoms with Crippen LogP contribution in [-0.2, 0) is 4.43 Å². The van der Waals surface area contributed by atoms with E-state index < -0.39 is 19.8 Å². The summed E-state index contributed by atoms with van der Waals surface area (Å²) in [6.07, 6.45) is 8.98. The van der Waals surface area contributed by atoms with Crippen LogP contribution in [-0.4, -0.2) is 68.2 Å². The summed E-state index contributed by atoms with van der Waals surface area (Å²) in [5.74, 6) is 0.943. The lowest BCUT2D eigenvalue weighted by Gasteiger charge is -2.43. The molecule has 0 atom stereocenters. The molecule has 0 radical (unpaired) electrons. The summed E-state index contributed by atoms with van der Waals surface area (Å²) < 4.78 is 19.7. The number of ether oxygens (including phenoxy) is 2. The molecule has 2 aliphatic rings. The van der Waals surface area contributed by atoms with E-state index >= 15 is 0 Å². The third-order valence-corrected chi connectivity index (χ3v) is 14.7. The Kier molecular flexibility index (Phi) is 10.5. The molecule has 0 bridgehead atoms. The average molecular weight is 623 g/mol. The number of carbonyl (C=O) groups excluding carboxylic acids is 2. The van der Waals surface area contributed by atoms with Crippen molar-refractivity contribution in [1.82, 2.24) is 20.5 Å². The fourth-order valence-electron chi connectivity index (χ4n) is 6.09. The van der Waals surface area contributed by atoms with Crippen molar-refractivity contribution in [3.05, 3.63) is 60.1 Å². The summed E-state index contributed by atoms with van der Waals surface area (Å²) in [5.41, 5.74) is 1.68. The Morgan fingerprint density at radius 2 is 1.61 bits per heavy atom. The van der Waals surface area contributed by atoms with E-state index in [0.717, 1.165) is 32.4 Å². The topological polar surface area (TPSA) is 128 Å². The minimum absolute atomic E-state index is 0.0773. The minimum Gasteiger partial charge on any atom is -0.485 e. The van der Waals surface area contributed by atoms with Crippen molar-refractivity contribution in [1.29, 1.82) is 0 Å². The SMILES string of the molecule is CN/C=C\C(=[NH2+])NC(=O)c1cc(Oc2cncc(C(=O)N3CCC3)c2)cc(OC2(CO[Si](C(C)C)(C(C)C)C(C)C)CC2)c1. The number of benzene rings is 1. The van der Waals surface area contributed by atoms with Gasteiger partial charge in [0.05, 0.1) is 23.9 Å². The number of pyridine rings is 1. The lowest BCUT2D eigenvalue weighted by molar-refractivity contribution is -0.115. The predicted molar refractivity (Wildman–Crippen MR) is 173 cm³/mol. The van der Waals surface area contributed by atoms with Gasteiger partial charge < -0.3 is 24.1 Å². The van der Waals surface area contributed by atoms with Crippen molar-refractivity contribution in [2.24, 2.45) is 0 Å². The average Bonchev–Trinajstić information content (AvgIpc) is 3.69. The Morgan fingerprint density at radius 3 is 2.18 bits per heavy atom. The van der Waals surface area contributed by atoms with E-state index in [0.29, 0.717) is 51.6 Å². The molecule has 2 aromatic rings. The number of rotatable bonds is 14. The lowest BCUT2D eigenvalue weighted by Crippen LogP contribution is -2.50. The molecule has 0 unspecified atom stereocenters. The standard InChI is InChI=1S/C33H47N5O5Si/c1-22(2)44(23(3)4,24(5)6)41-21-33(10-11-33)43-28-16-25(31(39)37-30(34)9-12-35-7)15-27(18-28)42-29-17-26(19-36-20-29)32(40)38-13-8-14-38/h9,12,15-20,22-24,35H,8,10-11,13-14,21H2,1-7H3,(H2,34,37,39)/p+1/b12-9-. The van der Waals surface area contributed by atoms with Gasteiger partial charge >= 0.3 is 5.91 Å². The zero-order valence-corrected chi connectivity index (χ0v) is 28.1. The number of nitrogens with two attached hydrogens (primary N) is 1. The molecular weight excluding hydrogens is 574 g/mol. The van der Waals surface area contributed by atoms with Crippen LogP contribution in [0, 0.1) is 0 Å². The maximum atomic E-state index is 13.2. The summed E-state index contributed by atoms with van der Waals surface area (Å²) in [5, 5.41) is 11.5. The van der Waals surface area contributed by atoms with E-state index in [2.05, 4.69) is 57.2 Å². The van der Waals surface area contributed by atoms with E-state index in [1.54, 1.807) is 54.7 Å². The van der Waals surface area contributed by atoms with Crippen LogP contribution in [0.25, 0.3) is 0 Å². The summed E-state index contributed by atoms with van der Waals surface area (Å²) >= 11 is 0. The van der Waals surface area contributed by atoms with Crippen LogP contribution in [0.1, 0.15) is 81.5 Å². The highest BCUT2D eigenvalue weighted by Gasteiger charge is 2.51. The van der Waals surface area contributed by atoms with Crippen molar-refractivity contribution in [2.45, 2.75) is 83.0 Å². The molecular formula is C33H48N5O5Si+. The summed E-state index contributed by atoms with van der Waals surface area (Å²) in [6, 6.07) is 6.73. The quantitative estimate of drug-likeness (QED) is 0.161. The van der Waals surface area contributed by atoms with Crippen LogP contribution in [0.3, 0.4) is 0 Å². The van der Waals surface area contributed by atoms with Gasteiger partial charge in [0.2, 0.25) is 8.32 Å². The van der Waals surface area contributed by atoms with Crippen LogP contribution >= 0.6 is 0 Å². The van der Waals surface area contributed by atoms with Gasteiger partial charge in [-0.25, -0.2) is 10.1 Å². The lowest BCUT2D eigenvalue weighted by atomic mass is 10.1. The Morgan fingerprint density at radius 1 is 0.977 bits per heavy atom. The molecule has 1 aliphatic heterocycles. The van der Waals surface area contributed by atoms with E-state index in [1.807, 2.05) is 0 Å². The summed E-state index contributed by atoms with van der Waals surface area (Å²) in [7, 11) is -0.351. The number of aromatic nitrogens is 1. The maximum Gasteiger partial charge on any atom is 0.339 e. The van der Waals surface area contributed by atoms with E-state index in [4.69, 9.17) is 19.3 Å². The molecule has 11 heteroatoms. The van der Waals surface area contributed by atoms with Crippen LogP contribution in [0.4, 0.5) is 0 Å². The van der Waals surface area contributed by atoms with Gasteiger partial charge in [-0.15, -0.1) is 0 Å². The van der Waals surface area contributed by atoms with Crippen molar-refractivity contribution < 1.29 is 28.9 Å². The molecule has 2 fully saturated rings. The molecule has 2 heterocycles. The number of hydrogen-bond donors (Lipinski definition) is 3. The highest BCUT2D eigenvalue weighted by atomic mass is 28.4. The second-order valence-electron chi connectivity index (χ2n) is 12.8. The molecule has 4 N–H and O–H groups in total. The molecule has 2 amide bonds. The van der Waals surface area contributed by atoms with Crippen LogP contribution < -0.4 is 25.5 Å². The van der Waals surface area contributed by atoms with Crippen molar-refractivity contribution in [3.63, 3.8) is 0 Å². The molecule has 1 aliphatic carbocycles. The van der Waals surface area contributed by atoms with Gasteiger partial charge in [0.1, 0.15) is 22.8 Å². The van der Waals surface area contributed by atoms with Gasteiger partial charge in [0.15, 0.2) is 0 Å². The number of amidine groups is 1. The molecule has 10 nitrogen and oxygen atoms in total. The van der Waals surface area contributed by atoms with E-state index in [1.165, 1.54) is 6.20 Å². The number of carbonyl (C=O) groups is 2. The van der Waals surface area contributed by atoms with Crippen LogP contribution in [0.2, 0.25) is 16.6 Å². The smallest absolute Gasteiger partial charge is 0.339 e. The first-order valence-corrected chi connectivity index (χ1v) is 17.7. The fourth-order valence-corrected chi connectivity index (χ4v) is 11.6. The zero-order valence-electron chi connectivity index (χ0n) is 27.1. The molecule has 238 valence electrons. The normalized spacial score (nSPS) is 15.8. The molecule has 1 saturated carbocycles. The molecule has 4 rings (SSSR count). The third-order valence-electron chi connectivity index (χ3n) is 8.60. The van der Waals surface area contributed by atoms with Gasteiger partial charge in [0.25, 0.3) is 11.7 Å². The zero-order chi connectivity index (χ0) is 32.1. The number of amides is 2. The summed E-state index contributed by atoms with van der Waals surface area (Å²) in [4.78, 5) is 32.0. The number of likely N-dealkylation sites (tertiary alicyclic amines) is 1. The van der Waals surface area contributed by atoms with Gasteiger partial charge in [-0.05, 0) is 54.1 Å². The van der Waals surface area contributed by atoms with Crippen molar-refractivity contribution in [2.75, 3.05) is 26.7 Å². The number of hydrogen-bond acceptors (Lipinski definition) is 7. The largest absolute Gasteiger partial charge is 0.485 e. The molecule has 0 spiro atoms. The second kappa shape index (κ2) is 13.9. The van der Waals surface area contributed by atoms with E-state index in [-0.39, 0.29) is 11.7 Å². The third kappa shape index (κ3) is 7.68. The van der Waals surface area contributed by atoms with Crippen LogP contribution in [0.5, 0.6) is 17.2 Å². The Balaban J connectivity index is 1.59. The maximum absolute atomic E-state index is 13.2. The predicted octanol–water partition coefficient (Wildman–Crippen LogP) is 4.44. The number of nitrogens with one attached hydrogen (secondary N) is 2. The highest BCUT2D eigenvalue weighted by Crippen LogP contribution is 2.47. The monoisotopic (exact) mass is 622 g/mol. The summed E-state index contributed by atoms with van der Waals surface area (Å²) in [6.45, 7) is 15.6. The highest BCUT2D eigenvalue weighted by molar-refractivity contribution is 6.77. The second-order valence-corrected chi connectivity index (χ2v) is 18.2. The van der Waals surface area contributed by atoms with Gasteiger partial charge in [-0.2, -0.15) is 0 Å². The molecule has 44 heavy (non-hydrogen) atoms. The van der Waals surface area contributed by atoms with Crippen molar-refractivity contribution >= 4 is 26.0 Å². The Labute approximate surface area is 262 Å². The van der Waals surface area contributed by atoms with Crippen molar-refractivity contribution in [3.8, 4) is 17.2 Å². The molecule has 1 aromatic heterocycles. The first-order chi connectivity index (χ1) is 20.9. The fraction of sp³-hybridized carbons (Fsp3) is 0.515. The Hall–Kier alpha value is -3.70. The first kappa shape index (κ1) is 33.2. The number of nitrogens with zero attached hydrogens (tertiary/aromatic N) is 2. The molecule has 1 saturated heterocycles.